The average Bonchev–Trinajstić information content (AvgIpc) is 2.76. The zero-order valence-corrected chi connectivity index (χ0v) is 19.4. The molecule has 3 atom stereocenters. The summed E-state index contributed by atoms with van der Waals surface area (Å²) in [6, 6.07) is 7.49. The fourth-order valence-corrected chi connectivity index (χ4v) is 3.55. The summed E-state index contributed by atoms with van der Waals surface area (Å²) in [5.74, 6) is -2.67. The largest absolute Gasteiger partial charge is 0.508 e. The van der Waals surface area contributed by atoms with Crippen molar-refractivity contribution in [1.82, 2.24) is 15.5 Å². The van der Waals surface area contributed by atoms with E-state index in [1.54, 1.807) is 20.8 Å². The van der Waals surface area contributed by atoms with E-state index in [1.807, 2.05) is 0 Å². The number of carboxylic acid groups (broad SMARTS) is 1. The first kappa shape index (κ1) is 25.3. The lowest BCUT2D eigenvalue weighted by molar-refractivity contribution is -0.160. The van der Waals surface area contributed by atoms with Gasteiger partial charge in [0.15, 0.2) is 6.04 Å². The SMILES string of the molecule is CC(C)(C)OC(=O)N[C@@H](C(=O)N[C@H]1CN([C@H](C(=O)O)c2ccc(O)cc2)C1=O)c1ccc(O)cc1. The topological polar surface area (TPSA) is 165 Å². The number of aromatic hydroxyl groups is 2. The predicted octanol–water partition coefficient (Wildman–Crippen LogP) is 1.82. The van der Waals surface area contributed by atoms with Crippen LogP contribution in [0, 0.1) is 0 Å². The van der Waals surface area contributed by atoms with Crippen LogP contribution in [0.5, 0.6) is 11.5 Å². The van der Waals surface area contributed by atoms with Crippen LogP contribution in [-0.4, -0.2) is 62.3 Å². The summed E-state index contributed by atoms with van der Waals surface area (Å²) in [6.45, 7) is 4.92. The van der Waals surface area contributed by atoms with Crippen LogP contribution >= 0.6 is 0 Å². The molecule has 1 heterocycles. The van der Waals surface area contributed by atoms with E-state index in [-0.39, 0.29) is 18.0 Å². The van der Waals surface area contributed by atoms with Gasteiger partial charge in [0.25, 0.3) is 0 Å². The van der Waals surface area contributed by atoms with Crippen molar-refractivity contribution in [2.75, 3.05) is 6.54 Å². The first-order valence-electron chi connectivity index (χ1n) is 10.8. The van der Waals surface area contributed by atoms with E-state index in [4.69, 9.17) is 4.74 Å². The number of hydrogen-bond donors (Lipinski definition) is 5. The Bertz CT molecular complexity index is 1110. The molecule has 0 unspecified atom stereocenters. The summed E-state index contributed by atoms with van der Waals surface area (Å²) in [5, 5.41) is 33.6. The Morgan fingerprint density at radius 1 is 0.971 bits per heavy atom. The van der Waals surface area contributed by atoms with Gasteiger partial charge in [-0.25, -0.2) is 9.59 Å². The number of β-lactam (4-membered cyclic amide) rings is 1. The molecule has 0 radical (unpaired) electrons. The maximum atomic E-state index is 13.0. The van der Waals surface area contributed by atoms with E-state index < -0.39 is 47.6 Å². The van der Waals surface area contributed by atoms with Crippen LogP contribution in [0.25, 0.3) is 0 Å². The number of ether oxygens (including phenoxy) is 1. The summed E-state index contributed by atoms with van der Waals surface area (Å²) in [7, 11) is 0. The molecule has 1 aliphatic heterocycles. The van der Waals surface area contributed by atoms with Gasteiger partial charge >= 0.3 is 12.1 Å². The fourth-order valence-electron chi connectivity index (χ4n) is 3.55. The maximum absolute atomic E-state index is 13.0. The highest BCUT2D eigenvalue weighted by Crippen LogP contribution is 2.29. The molecule has 0 bridgehead atoms. The average molecular weight is 485 g/mol. The van der Waals surface area contributed by atoms with Gasteiger partial charge in [-0.2, -0.15) is 0 Å². The van der Waals surface area contributed by atoms with Gasteiger partial charge in [-0.1, -0.05) is 24.3 Å². The molecule has 3 amide bonds. The lowest BCUT2D eigenvalue weighted by Crippen LogP contribution is -2.66. The molecular formula is C24H27N3O8. The molecule has 0 spiro atoms. The number of carbonyl (C=O) groups is 4. The van der Waals surface area contributed by atoms with Gasteiger partial charge in [0.1, 0.15) is 29.2 Å². The Kier molecular flexibility index (Phi) is 7.18. The number of carbonyl (C=O) groups excluding carboxylic acids is 3. The van der Waals surface area contributed by atoms with E-state index in [9.17, 15) is 34.5 Å². The van der Waals surface area contributed by atoms with Crippen molar-refractivity contribution in [2.24, 2.45) is 0 Å². The van der Waals surface area contributed by atoms with Crippen LogP contribution in [0.4, 0.5) is 4.79 Å². The first-order chi connectivity index (χ1) is 16.4. The standard InChI is InChI=1S/C24H27N3O8/c1-24(2,3)35-23(34)26-18(13-4-8-15(28)9-5-13)20(30)25-17-12-27(21(17)31)19(22(32)33)14-6-10-16(29)11-7-14/h4-11,17-19,28-29H,12H2,1-3H3,(H,25,30)(H,26,34)(H,32,33)/t17-,18+,19-/m0/s1. The summed E-state index contributed by atoms with van der Waals surface area (Å²) >= 11 is 0. The Hall–Kier alpha value is -4.28. The molecule has 5 N–H and O–H groups in total. The highest BCUT2D eigenvalue weighted by molar-refractivity contribution is 5.97. The number of hydrogen-bond acceptors (Lipinski definition) is 7. The molecule has 0 aliphatic carbocycles. The van der Waals surface area contributed by atoms with Gasteiger partial charge in [0, 0.05) is 0 Å². The zero-order valence-electron chi connectivity index (χ0n) is 19.4. The van der Waals surface area contributed by atoms with Gasteiger partial charge in [-0.15, -0.1) is 0 Å². The normalized spacial score (nSPS) is 17.1. The zero-order chi connectivity index (χ0) is 25.9. The third kappa shape index (κ3) is 6.19. The Balaban J connectivity index is 1.73. The minimum absolute atomic E-state index is 0.0380. The number of rotatable bonds is 7. The second kappa shape index (κ2) is 9.92. The van der Waals surface area contributed by atoms with E-state index >= 15 is 0 Å². The molecular weight excluding hydrogens is 458 g/mol. The van der Waals surface area contributed by atoms with Gasteiger partial charge in [-0.3, -0.25) is 9.59 Å². The van der Waals surface area contributed by atoms with Gasteiger partial charge in [0.05, 0.1) is 6.54 Å². The van der Waals surface area contributed by atoms with Crippen LogP contribution in [0.2, 0.25) is 0 Å². The highest BCUT2D eigenvalue weighted by atomic mass is 16.6. The third-order valence-corrected chi connectivity index (χ3v) is 5.18. The van der Waals surface area contributed by atoms with Gasteiger partial charge in [0.2, 0.25) is 11.8 Å². The lowest BCUT2D eigenvalue weighted by atomic mass is 9.97. The summed E-state index contributed by atoms with van der Waals surface area (Å²) in [5.41, 5.74) is -0.186. The van der Waals surface area contributed by atoms with E-state index in [0.29, 0.717) is 11.1 Å². The second-order valence-electron chi connectivity index (χ2n) is 9.05. The lowest BCUT2D eigenvalue weighted by Gasteiger charge is -2.42. The van der Waals surface area contributed by atoms with Crippen molar-refractivity contribution in [3.05, 3.63) is 59.7 Å². The number of carboxylic acids is 1. The van der Waals surface area contributed by atoms with Crippen molar-refractivity contribution in [3.63, 3.8) is 0 Å². The molecule has 186 valence electrons. The van der Waals surface area contributed by atoms with Crippen molar-refractivity contribution in [2.45, 2.75) is 44.5 Å². The van der Waals surface area contributed by atoms with Crippen LogP contribution in [0.15, 0.2) is 48.5 Å². The Morgan fingerprint density at radius 2 is 1.49 bits per heavy atom. The molecule has 3 rings (SSSR count). The molecule has 2 aromatic carbocycles. The molecule has 2 aromatic rings. The number of likely N-dealkylation sites (tertiary alicyclic amines) is 1. The second-order valence-corrected chi connectivity index (χ2v) is 9.05. The van der Waals surface area contributed by atoms with Crippen molar-refractivity contribution in [3.8, 4) is 11.5 Å². The number of aliphatic carboxylic acids is 1. The monoisotopic (exact) mass is 485 g/mol. The van der Waals surface area contributed by atoms with Crippen molar-refractivity contribution < 1.29 is 39.2 Å². The number of phenolic OH excluding ortho intramolecular Hbond substituents is 2. The molecule has 11 heteroatoms. The highest BCUT2D eigenvalue weighted by Gasteiger charge is 2.45. The molecule has 1 fully saturated rings. The van der Waals surface area contributed by atoms with Crippen LogP contribution < -0.4 is 10.6 Å². The van der Waals surface area contributed by atoms with Crippen molar-refractivity contribution in [1.29, 1.82) is 0 Å². The van der Waals surface area contributed by atoms with E-state index in [1.165, 1.54) is 48.5 Å². The Morgan fingerprint density at radius 3 is 1.94 bits per heavy atom. The first-order valence-corrected chi connectivity index (χ1v) is 10.8. The number of nitrogens with one attached hydrogen (secondary N) is 2. The molecule has 0 saturated carbocycles. The third-order valence-electron chi connectivity index (χ3n) is 5.18. The summed E-state index contributed by atoms with van der Waals surface area (Å²) in [4.78, 5) is 51.0. The molecule has 1 saturated heterocycles. The number of nitrogens with zero attached hydrogens (tertiary/aromatic N) is 1. The minimum Gasteiger partial charge on any atom is -0.508 e. The molecule has 11 nitrogen and oxygen atoms in total. The smallest absolute Gasteiger partial charge is 0.408 e. The van der Waals surface area contributed by atoms with E-state index in [0.717, 1.165) is 4.90 Å². The van der Waals surface area contributed by atoms with Gasteiger partial charge < -0.3 is 35.6 Å². The van der Waals surface area contributed by atoms with E-state index in [2.05, 4.69) is 10.6 Å². The number of phenols is 2. The fraction of sp³-hybridized carbons (Fsp3) is 0.333. The van der Waals surface area contributed by atoms with Gasteiger partial charge in [-0.05, 0) is 56.2 Å². The molecule has 35 heavy (non-hydrogen) atoms. The molecule has 1 aliphatic rings. The van der Waals surface area contributed by atoms with Crippen LogP contribution in [0.3, 0.4) is 0 Å². The number of benzene rings is 2. The number of amides is 3. The quantitative estimate of drug-likeness (QED) is 0.370. The van der Waals surface area contributed by atoms with Crippen molar-refractivity contribution >= 4 is 23.9 Å². The van der Waals surface area contributed by atoms with Crippen LogP contribution in [0.1, 0.15) is 44.0 Å². The number of alkyl carbamates (subject to hydrolysis) is 1. The molecule has 0 aromatic heterocycles. The maximum Gasteiger partial charge on any atom is 0.408 e. The Labute approximate surface area is 201 Å². The predicted molar refractivity (Wildman–Crippen MR) is 122 cm³/mol. The van der Waals surface area contributed by atoms with Crippen LogP contribution in [-0.2, 0) is 19.1 Å². The summed E-state index contributed by atoms with van der Waals surface area (Å²) < 4.78 is 5.22. The summed E-state index contributed by atoms with van der Waals surface area (Å²) in [6.07, 6.45) is -0.856. The minimum atomic E-state index is -1.29.